The molecule has 4 aliphatic rings. The normalized spacial score (nSPS) is 24.9. The maximum absolute atomic E-state index is 14.2. The van der Waals surface area contributed by atoms with Crippen LogP contribution in [0, 0.1) is 0 Å². The number of alkyl halides is 3. The highest BCUT2D eigenvalue weighted by atomic mass is 32.1. The van der Waals surface area contributed by atoms with Crippen molar-refractivity contribution >= 4 is 45.4 Å². The van der Waals surface area contributed by atoms with Crippen molar-refractivity contribution in [3.63, 3.8) is 0 Å². The van der Waals surface area contributed by atoms with Crippen LogP contribution in [0.4, 0.5) is 23.9 Å². The Morgan fingerprint density at radius 2 is 1.86 bits per heavy atom. The van der Waals surface area contributed by atoms with Gasteiger partial charge in [-0.25, -0.2) is 15.0 Å². The maximum atomic E-state index is 14.2. The highest BCUT2D eigenvalue weighted by Crippen LogP contribution is 2.57. The van der Waals surface area contributed by atoms with Gasteiger partial charge in [-0.1, -0.05) is 66.3 Å². The predicted octanol–water partition coefficient (Wildman–Crippen LogP) is 4.91. The van der Waals surface area contributed by atoms with Crippen LogP contribution >= 0.6 is 11.3 Å². The minimum absolute atomic E-state index is 0.0204. The Kier molecular flexibility index (Phi) is 6.98. The highest BCUT2D eigenvalue weighted by Gasteiger charge is 2.61. The van der Waals surface area contributed by atoms with Crippen LogP contribution in [0.25, 0.3) is 0 Å². The molecule has 14 heteroatoms. The number of rotatable bonds is 5. The van der Waals surface area contributed by atoms with Gasteiger partial charge in [0.15, 0.2) is 0 Å². The molecule has 7 rings (SSSR count). The fourth-order valence-electron chi connectivity index (χ4n) is 5.37. The Hall–Kier alpha value is -4.14. The van der Waals surface area contributed by atoms with Crippen LogP contribution in [0.5, 0.6) is 0 Å². The summed E-state index contributed by atoms with van der Waals surface area (Å²) < 4.78 is 53.9. The van der Waals surface area contributed by atoms with E-state index in [0.29, 0.717) is 42.5 Å². The topological polar surface area (TPSA) is 122 Å². The minimum atomic E-state index is -4.44. The largest absolute Gasteiger partial charge is 0.437 e. The minimum Gasteiger partial charge on any atom is -0.437 e. The van der Waals surface area contributed by atoms with Crippen LogP contribution in [0.1, 0.15) is 53.7 Å². The molecule has 2 aromatic carbocycles. The number of fused-ring (bicyclic) bond motifs is 1. The second kappa shape index (κ2) is 10.8. The number of halogens is 3. The molecule has 10 nitrogen and oxygen atoms in total. The van der Waals surface area contributed by atoms with Gasteiger partial charge in [-0.05, 0) is 18.9 Å². The average Bonchev–Trinajstić information content (AvgIpc) is 3.71. The molecule has 2 saturated heterocycles. The number of carbonyl (C=O) groups excluding carboxylic acids is 1. The van der Waals surface area contributed by atoms with Crippen molar-refractivity contribution in [3.8, 4) is 0 Å². The number of hydrogen-bond donors (Lipinski definition) is 3. The summed E-state index contributed by atoms with van der Waals surface area (Å²) in [7, 11) is 0. The van der Waals surface area contributed by atoms with Crippen molar-refractivity contribution in [1.82, 2.24) is 15.8 Å². The van der Waals surface area contributed by atoms with Gasteiger partial charge in [0.1, 0.15) is 21.1 Å². The molecule has 0 bridgehead atoms. The van der Waals surface area contributed by atoms with E-state index in [1.807, 2.05) is 48.5 Å². The number of aromatic nitrogens is 1. The molecule has 4 heterocycles. The van der Waals surface area contributed by atoms with Crippen molar-refractivity contribution < 1.29 is 27.4 Å². The van der Waals surface area contributed by atoms with Crippen molar-refractivity contribution in [2.75, 3.05) is 18.5 Å². The monoisotopic (exact) mass is 609 g/mol. The number of hydrogen-bond acceptors (Lipinski definition) is 9. The Labute approximate surface area is 248 Å². The van der Waals surface area contributed by atoms with Crippen molar-refractivity contribution in [3.05, 3.63) is 76.4 Å². The zero-order valence-corrected chi connectivity index (χ0v) is 23.5. The van der Waals surface area contributed by atoms with Crippen LogP contribution in [-0.2, 0) is 19.7 Å². The molecule has 43 heavy (non-hydrogen) atoms. The van der Waals surface area contributed by atoms with Gasteiger partial charge >= 0.3 is 12.2 Å². The number of anilines is 1. The number of hydrazine groups is 1. The number of para-hydroxylation sites is 1. The van der Waals surface area contributed by atoms with Gasteiger partial charge < -0.3 is 14.8 Å². The summed E-state index contributed by atoms with van der Waals surface area (Å²) in [5.41, 5.74) is 7.34. The van der Waals surface area contributed by atoms with Crippen molar-refractivity contribution in [2.45, 2.75) is 49.7 Å². The second-order valence-electron chi connectivity index (χ2n) is 10.6. The molecule has 0 spiro atoms. The van der Waals surface area contributed by atoms with E-state index in [-0.39, 0.29) is 29.6 Å². The summed E-state index contributed by atoms with van der Waals surface area (Å²) in [6.07, 6.45) is -5.63. The number of benzene rings is 2. The van der Waals surface area contributed by atoms with E-state index in [4.69, 9.17) is 14.5 Å². The number of nitrogens with one attached hydrogen (secondary N) is 3. The predicted molar refractivity (Wildman–Crippen MR) is 155 cm³/mol. The SMILES string of the molecule is O=C1Nc2ccccc2C(c2ccccc2)=N[C@@H]1N=C1NNC(c2nc(C3(C(F)(F)F)CCC3)sc2N=C2CCOC2)O1. The lowest BCUT2D eigenvalue weighted by Gasteiger charge is -2.41. The highest BCUT2D eigenvalue weighted by molar-refractivity contribution is 7.15. The summed E-state index contributed by atoms with van der Waals surface area (Å²) in [4.78, 5) is 31.4. The summed E-state index contributed by atoms with van der Waals surface area (Å²) in [5.74, 6) is -0.471. The fraction of sp³-hybridized carbons (Fsp3) is 0.345. The van der Waals surface area contributed by atoms with Gasteiger partial charge in [-0.3, -0.25) is 10.2 Å². The molecule has 0 radical (unpaired) electrons. The first-order valence-corrected chi connectivity index (χ1v) is 14.6. The maximum Gasteiger partial charge on any atom is 0.400 e. The fourth-order valence-corrected chi connectivity index (χ4v) is 6.64. The van der Waals surface area contributed by atoms with Gasteiger partial charge in [-0.2, -0.15) is 23.6 Å². The smallest absolute Gasteiger partial charge is 0.400 e. The molecule has 3 aliphatic heterocycles. The summed E-state index contributed by atoms with van der Waals surface area (Å²) >= 11 is 0.926. The first-order valence-electron chi connectivity index (χ1n) is 13.8. The molecular formula is C29H26F3N7O3S. The summed E-state index contributed by atoms with van der Waals surface area (Å²) in [6.45, 7) is 0.809. The van der Waals surface area contributed by atoms with Gasteiger partial charge in [-0.15, -0.1) is 0 Å². The Balaban J connectivity index is 1.21. The quantitative estimate of drug-likeness (QED) is 0.378. The van der Waals surface area contributed by atoms with Crippen LogP contribution < -0.4 is 16.2 Å². The molecule has 222 valence electrons. The lowest BCUT2D eigenvalue weighted by atomic mass is 9.68. The molecule has 3 aromatic rings. The third-order valence-electron chi connectivity index (χ3n) is 7.86. The number of amidine groups is 1. The first kappa shape index (κ1) is 27.7. The van der Waals surface area contributed by atoms with Crippen LogP contribution in [0.2, 0.25) is 0 Å². The molecule has 1 amide bonds. The lowest BCUT2D eigenvalue weighted by Crippen LogP contribution is -2.48. The van der Waals surface area contributed by atoms with Crippen LogP contribution in [0.15, 0.2) is 69.6 Å². The number of ether oxygens (including phenoxy) is 2. The number of thiazole rings is 1. The van der Waals surface area contributed by atoms with E-state index >= 15 is 0 Å². The number of benzodiazepines with no additional fused rings is 1. The molecule has 1 saturated carbocycles. The van der Waals surface area contributed by atoms with E-state index in [1.54, 1.807) is 6.07 Å². The third kappa shape index (κ3) is 5.08. The third-order valence-corrected chi connectivity index (χ3v) is 9.03. The van der Waals surface area contributed by atoms with Gasteiger partial charge in [0, 0.05) is 23.3 Å². The number of amides is 1. The number of aliphatic imine (C=N–C) groups is 3. The van der Waals surface area contributed by atoms with Crippen LogP contribution in [0.3, 0.4) is 0 Å². The van der Waals surface area contributed by atoms with Gasteiger partial charge in [0.25, 0.3) is 5.91 Å². The summed E-state index contributed by atoms with van der Waals surface area (Å²) in [5, 5.41) is 3.16. The zero-order chi connectivity index (χ0) is 29.6. The molecule has 1 aliphatic carbocycles. The van der Waals surface area contributed by atoms with Crippen LogP contribution in [-0.4, -0.2) is 53.9 Å². The Morgan fingerprint density at radius 3 is 2.58 bits per heavy atom. The van der Waals surface area contributed by atoms with Gasteiger partial charge in [0.2, 0.25) is 12.4 Å². The van der Waals surface area contributed by atoms with Crippen molar-refractivity contribution in [2.24, 2.45) is 15.0 Å². The summed E-state index contributed by atoms with van der Waals surface area (Å²) in [6, 6.07) is 16.7. The number of carbonyl (C=O) groups is 1. The average molecular weight is 610 g/mol. The lowest BCUT2D eigenvalue weighted by molar-refractivity contribution is -0.212. The molecule has 2 atom stereocenters. The molecule has 1 aromatic heterocycles. The first-order chi connectivity index (χ1) is 20.8. The van der Waals surface area contributed by atoms with E-state index < -0.39 is 29.9 Å². The molecule has 3 fully saturated rings. The standard InChI is InChI=1S/C29H26F3N7O3S/c30-29(31,32)28(12-6-13-28)26-36-21(25(43-26)33-17-11-14-41-15-17)24-38-39-27(42-24)37-22-23(40)34-19-10-5-4-9-18(19)20(35-22)16-7-2-1-3-8-16/h1-5,7-10,22,24,38H,6,11-15H2,(H,34,40)(H,37,39)/t22-,24?/m1/s1. The van der Waals surface area contributed by atoms with E-state index in [2.05, 4.69) is 31.1 Å². The van der Waals surface area contributed by atoms with Crippen molar-refractivity contribution in [1.29, 1.82) is 0 Å². The number of nitrogens with zero attached hydrogens (tertiary/aromatic N) is 4. The molecular weight excluding hydrogens is 583 g/mol. The Bertz CT molecular complexity index is 1640. The van der Waals surface area contributed by atoms with Gasteiger partial charge in [0.05, 0.1) is 24.6 Å². The second-order valence-corrected chi connectivity index (χ2v) is 11.6. The molecule has 3 N–H and O–H groups in total. The van der Waals surface area contributed by atoms with E-state index in [9.17, 15) is 18.0 Å². The zero-order valence-electron chi connectivity index (χ0n) is 22.6. The molecule has 1 unspecified atom stereocenters. The van der Waals surface area contributed by atoms with E-state index in [1.165, 1.54) is 0 Å². The Morgan fingerprint density at radius 1 is 1.07 bits per heavy atom. The van der Waals surface area contributed by atoms with E-state index in [0.717, 1.165) is 28.2 Å².